The van der Waals surface area contributed by atoms with Crippen LogP contribution in [0.25, 0.3) is 11.1 Å². The molecule has 1 amide bonds. The quantitative estimate of drug-likeness (QED) is 0.355. The smallest absolute Gasteiger partial charge is 0.264 e. The summed E-state index contributed by atoms with van der Waals surface area (Å²) in [6.45, 7) is 5.29. The summed E-state index contributed by atoms with van der Waals surface area (Å²) in [6.07, 6.45) is 0. The van der Waals surface area contributed by atoms with Crippen molar-refractivity contribution in [2.24, 2.45) is 0 Å². The molecule has 0 aliphatic heterocycles. The number of aromatic nitrogens is 1. The number of hydrogen-bond donors (Lipinski definition) is 2. The van der Waals surface area contributed by atoms with Gasteiger partial charge in [-0.15, -0.1) is 0 Å². The van der Waals surface area contributed by atoms with Gasteiger partial charge in [-0.3, -0.25) is 4.79 Å². The van der Waals surface area contributed by atoms with Gasteiger partial charge in [0, 0.05) is 11.3 Å². The first-order chi connectivity index (χ1) is 16.7. The van der Waals surface area contributed by atoms with Gasteiger partial charge in [-0.05, 0) is 68.3 Å². The average molecular weight is 492 g/mol. The van der Waals surface area contributed by atoms with Gasteiger partial charge in [0.2, 0.25) is 5.88 Å². The predicted molar refractivity (Wildman–Crippen MR) is 134 cm³/mol. The molecule has 4 aromatic rings. The summed E-state index contributed by atoms with van der Waals surface area (Å²) < 4.78 is 38.1. The van der Waals surface area contributed by atoms with Gasteiger partial charge in [-0.2, -0.15) is 0 Å². The molecular weight excluding hydrogens is 466 g/mol. The number of rotatable bonds is 8. The van der Waals surface area contributed by atoms with E-state index in [4.69, 9.17) is 9.26 Å². The molecule has 0 atom stereocenters. The summed E-state index contributed by atoms with van der Waals surface area (Å²) in [5.74, 6) is 0.277. The third-order valence-corrected chi connectivity index (χ3v) is 6.79. The van der Waals surface area contributed by atoms with Crippen LogP contribution in [-0.2, 0) is 14.8 Å². The van der Waals surface area contributed by atoms with Crippen LogP contribution in [0.2, 0.25) is 0 Å². The molecule has 35 heavy (non-hydrogen) atoms. The van der Waals surface area contributed by atoms with Crippen LogP contribution in [0.4, 0.5) is 11.6 Å². The lowest BCUT2D eigenvalue weighted by Gasteiger charge is -2.10. The van der Waals surface area contributed by atoms with Crippen LogP contribution >= 0.6 is 0 Å². The molecule has 8 nitrogen and oxygen atoms in total. The molecule has 1 aromatic heterocycles. The topological polar surface area (TPSA) is 111 Å². The highest BCUT2D eigenvalue weighted by Gasteiger charge is 2.19. The molecule has 180 valence electrons. The van der Waals surface area contributed by atoms with E-state index in [2.05, 4.69) is 39.5 Å². The Morgan fingerprint density at radius 3 is 2.06 bits per heavy atom. The average Bonchev–Trinajstić information content (AvgIpc) is 3.15. The first-order valence-electron chi connectivity index (χ1n) is 10.9. The van der Waals surface area contributed by atoms with Crippen LogP contribution in [0.15, 0.2) is 82.2 Å². The number of sulfonamides is 1. The molecule has 1 heterocycles. The van der Waals surface area contributed by atoms with Crippen LogP contribution < -0.4 is 14.8 Å². The molecule has 0 aliphatic rings. The molecule has 4 rings (SSSR count). The Morgan fingerprint density at radius 1 is 0.886 bits per heavy atom. The zero-order valence-corrected chi connectivity index (χ0v) is 20.3. The lowest BCUT2D eigenvalue weighted by Crippen LogP contribution is -2.20. The predicted octanol–water partition coefficient (Wildman–Crippen LogP) is 5.09. The van der Waals surface area contributed by atoms with Crippen LogP contribution in [-0.4, -0.2) is 26.1 Å². The maximum absolute atomic E-state index is 12.6. The van der Waals surface area contributed by atoms with Crippen LogP contribution in [0.1, 0.15) is 16.8 Å². The minimum Gasteiger partial charge on any atom is -0.484 e. The van der Waals surface area contributed by atoms with Crippen LogP contribution in [0, 0.1) is 20.8 Å². The molecular formula is C26H25N3O5S. The van der Waals surface area contributed by atoms with E-state index < -0.39 is 10.0 Å². The van der Waals surface area contributed by atoms with Crippen molar-refractivity contribution in [1.29, 1.82) is 0 Å². The molecule has 9 heteroatoms. The Bertz CT molecular complexity index is 1430. The highest BCUT2D eigenvalue weighted by atomic mass is 32.2. The van der Waals surface area contributed by atoms with E-state index in [0.29, 0.717) is 22.7 Å². The van der Waals surface area contributed by atoms with Gasteiger partial charge in [-0.25, -0.2) is 13.1 Å². The van der Waals surface area contributed by atoms with Crippen molar-refractivity contribution in [1.82, 2.24) is 5.16 Å². The third-order valence-electron chi connectivity index (χ3n) is 5.44. The number of anilines is 2. The third kappa shape index (κ3) is 5.88. The number of benzene rings is 3. The van der Waals surface area contributed by atoms with Gasteiger partial charge >= 0.3 is 0 Å². The van der Waals surface area contributed by atoms with Gasteiger partial charge in [0.1, 0.15) is 5.75 Å². The fourth-order valence-electron chi connectivity index (χ4n) is 3.24. The minimum atomic E-state index is -3.86. The molecule has 3 aromatic carbocycles. The molecule has 0 fully saturated rings. The fraction of sp³-hybridized carbons (Fsp3) is 0.154. The number of nitrogens with zero attached hydrogens (tertiary/aromatic N) is 1. The number of amides is 1. The van der Waals surface area contributed by atoms with Gasteiger partial charge in [0.15, 0.2) is 6.61 Å². The number of hydrogen-bond acceptors (Lipinski definition) is 6. The van der Waals surface area contributed by atoms with Gasteiger partial charge < -0.3 is 14.6 Å². The minimum absolute atomic E-state index is 0.0221. The van der Waals surface area contributed by atoms with E-state index in [1.807, 2.05) is 31.2 Å². The molecule has 0 radical (unpaired) electrons. The number of carbonyl (C=O) groups is 1. The van der Waals surface area contributed by atoms with E-state index in [0.717, 1.165) is 11.1 Å². The Balaban J connectivity index is 1.31. The standard InChI is InChI=1S/C26H25N3O5S/c1-17-4-6-20(7-5-17)21-8-12-23(13-9-21)33-16-25(30)27-22-10-14-24(15-11-22)35(31,32)29-26-18(2)19(3)28-34-26/h4-15,29H,16H2,1-3H3,(H,27,30). The fourth-order valence-corrected chi connectivity index (χ4v) is 4.29. The van der Waals surface area contributed by atoms with Crippen molar-refractivity contribution in [2.75, 3.05) is 16.6 Å². The molecule has 0 unspecified atom stereocenters. The largest absolute Gasteiger partial charge is 0.484 e. The Kier molecular flexibility index (Phi) is 6.88. The summed E-state index contributed by atoms with van der Waals surface area (Å²) >= 11 is 0. The number of carbonyl (C=O) groups excluding carboxylic acids is 1. The summed E-state index contributed by atoms with van der Waals surface area (Å²) in [5, 5.41) is 6.43. The SMILES string of the molecule is Cc1ccc(-c2ccc(OCC(=O)Nc3ccc(S(=O)(=O)Nc4onc(C)c4C)cc3)cc2)cc1. The number of aryl methyl sites for hydroxylation is 2. The maximum Gasteiger partial charge on any atom is 0.264 e. The zero-order valence-electron chi connectivity index (χ0n) is 19.5. The van der Waals surface area contributed by atoms with Crippen molar-refractivity contribution in [3.8, 4) is 16.9 Å². The van der Waals surface area contributed by atoms with E-state index in [1.165, 1.54) is 29.8 Å². The van der Waals surface area contributed by atoms with E-state index in [9.17, 15) is 13.2 Å². The summed E-state index contributed by atoms with van der Waals surface area (Å²) in [6, 6.07) is 21.5. The van der Waals surface area contributed by atoms with Crippen molar-refractivity contribution in [2.45, 2.75) is 25.7 Å². The molecule has 0 saturated carbocycles. The van der Waals surface area contributed by atoms with Gasteiger partial charge in [-0.1, -0.05) is 47.1 Å². The first-order valence-corrected chi connectivity index (χ1v) is 12.3. The highest BCUT2D eigenvalue weighted by molar-refractivity contribution is 7.92. The van der Waals surface area contributed by atoms with E-state index in [-0.39, 0.29) is 23.3 Å². The maximum atomic E-state index is 12.6. The lowest BCUT2D eigenvalue weighted by atomic mass is 10.0. The second-order valence-electron chi connectivity index (χ2n) is 8.08. The summed E-state index contributed by atoms with van der Waals surface area (Å²) in [5.41, 5.74) is 5.02. The number of ether oxygens (including phenoxy) is 1. The lowest BCUT2D eigenvalue weighted by molar-refractivity contribution is -0.118. The van der Waals surface area contributed by atoms with Crippen LogP contribution in [0.5, 0.6) is 5.75 Å². The number of nitrogens with one attached hydrogen (secondary N) is 2. The van der Waals surface area contributed by atoms with Crippen molar-refractivity contribution in [3.05, 3.63) is 89.6 Å². The molecule has 0 saturated heterocycles. The van der Waals surface area contributed by atoms with Crippen molar-refractivity contribution in [3.63, 3.8) is 0 Å². The van der Waals surface area contributed by atoms with Gasteiger partial charge in [0.05, 0.1) is 10.6 Å². The van der Waals surface area contributed by atoms with E-state index >= 15 is 0 Å². The Morgan fingerprint density at radius 2 is 1.49 bits per heavy atom. The molecule has 0 spiro atoms. The van der Waals surface area contributed by atoms with E-state index in [1.54, 1.807) is 13.8 Å². The summed E-state index contributed by atoms with van der Waals surface area (Å²) in [4.78, 5) is 12.3. The van der Waals surface area contributed by atoms with Crippen molar-refractivity contribution >= 4 is 27.5 Å². The van der Waals surface area contributed by atoms with Crippen molar-refractivity contribution < 1.29 is 22.5 Å². The first kappa shape index (κ1) is 24.0. The molecule has 0 aliphatic carbocycles. The van der Waals surface area contributed by atoms with Crippen LogP contribution in [0.3, 0.4) is 0 Å². The second kappa shape index (κ2) is 10.0. The Labute approximate surface area is 204 Å². The normalized spacial score (nSPS) is 11.2. The monoisotopic (exact) mass is 491 g/mol. The Hall–Kier alpha value is -4.11. The molecule has 2 N–H and O–H groups in total. The second-order valence-corrected chi connectivity index (χ2v) is 9.76. The highest BCUT2D eigenvalue weighted by Crippen LogP contribution is 2.24. The zero-order chi connectivity index (χ0) is 25.0. The summed E-state index contributed by atoms with van der Waals surface area (Å²) in [7, 11) is -3.86. The molecule has 0 bridgehead atoms. The van der Waals surface area contributed by atoms with Gasteiger partial charge in [0.25, 0.3) is 15.9 Å².